The van der Waals surface area contributed by atoms with E-state index in [0.29, 0.717) is 18.7 Å². The molecule has 0 rings (SSSR count). The average molecular weight is 185 g/mol. The van der Waals surface area contributed by atoms with Crippen LogP contribution in [-0.2, 0) is 9.53 Å². The van der Waals surface area contributed by atoms with Gasteiger partial charge in [-0.2, -0.15) is 0 Å². The monoisotopic (exact) mass is 185 g/mol. The fraction of sp³-hybridized carbons (Fsp3) is 0.700. The first kappa shape index (κ1) is 12.2. The van der Waals surface area contributed by atoms with Crippen molar-refractivity contribution in [1.29, 1.82) is 0 Å². The third-order valence-electron chi connectivity index (χ3n) is 1.75. The van der Waals surface area contributed by atoms with Crippen molar-refractivity contribution < 1.29 is 9.53 Å². The van der Waals surface area contributed by atoms with Gasteiger partial charge < -0.3 is 10.1 Å². The molecule has 1 amide bonds. The lowest BCUT2D eigenvalue weighted by Gasteiger charge is -2.10. The smallest absolute Gasteiger partial charge is 0.246 e. The standard InChI is InChI=1S/C10H19NO2/c1-5-9(4)13-7-6-11-10(12)8(2)3/h9H,2,5-7H2,1,3-4H3,(H,11,12). The number of ether oxygens (including phenoxy) is 1. The second-order valence-electron chi connectivity index (χ2n) is 3.13. The Balaban J connectivity index is 3.36. The zero-order valence-corrected chi connectivity index (χ0v) is 8.72. The number of hydrogen-bond acceptors (Lipinski definition) is 2. The molecule has 3 heteroatoms. The molecule has 1 N–H and O–H groups in total. The Hall–Kier alpha value is -0.830. The average Bonchev–Trinajstić information content (AvgIpc) is 2.11. The van der Waals surface area contributed by atoms with E-state index in [1.54, 1.807) is 6.92 Å². The SMILES string of the molecule is C=C(C)C(=O)NCCOC(C)CC. The molecule has 0 spiro atoms. The molecule has 1 atom stereocenters. The topological polar surface area (TPSA) is 38.3 Å². The van der Waals surface area contributed by atoms with Gasteiger partial charge in [-0.1, -0.05) is 13.5 Å². The van der Waals surface area contributed by atoms with Crippen molar-refractivity contribution in [2.75, 3.05) is 13.2 Å². The summed E-state index contributed by atoms with van der Waals surface area (Å²) in [5.41, 5.74) is 0.531. The van der Waals surface area contributed by atoms with Gasteiger partial charge in [0.15, 0.2) is 0 Å². The molecule has 0 radical (unpaired) electrons. The first-order valence-electron chi connectivity index (χ1n) is 4.63. The van der Waals surface area contributed by atoms with Gasteiger partial charge in [0.25, 0.3) is 0 Å². The Morgan fingerprint density at radius 3 is 2.69 bits per heavy atom. The van der Waals surface area contributed by atoms with Crippen molar-refractivity contribution in [2.45, 2.75) is 33.3 Å². The molecule has 3 nitrogen and oxygen atoms in total. The molecular weight excluding hydrogens is 166 g/mol. The molecule has 0 saturated heterocycles. The van der Waals surface area contributed by atoms with Crippen LogP contribution in [0.15, 0.2) is 12.2 Å². The van der Waals surface area contributed by atoms with Gasteiger partial charge in [0.1, 0.15) is 0 Å². The zero-order chi connectivity index (χ0) is 10.3. The molecule has 0 aliphatic carbocycles. The van der Waals surface area contributed by atoms with E-state index in [1.807, 2.05) is 6.92 Å². The quantitative estimate of drug-likeness (QED) is 0.503. The van der Waals surface area contributed by atoms with Gasteiger partial charge in [-0.3, -0.25) is 4.79 Å². The Bertz CT molecular complexity index is 178. The van der Waals surface area contributed by atoms with Gasteiger partial charge in [0, 0.05) is 12.1 Å². The van der Waals surface area contributed by atoms with Crippen molar-refractivity contribution in [1.82, 2.24) is 5.32 Å². The number of carbonyl (C=O) groups is 1. The number of carbonyl (C=O) groups excluding carboxylic acids is 1. The van der Waals surface area contributed by atoms with Crippen molar-refractivity contribution >= 4 is 5.91 Å². The minimum absolute atomic E-state index is 0.104. The van der Waals surface area contributed by atoms with Gasteiger partial charge in [-0.05, 0) is 20.3 Å². The molecule has 0 aromatic heterocycles. The molecular formula is C10H19NO2. The highest BCUT2D eigenvalue weighted by Crippen LogP contribution is 1.94. The van der Waals surface area contributed by atoms with Crippen LogP contribution in [0.25, 0.3) is 0 Å². The van der Waals surface area contributed by atoms with Gasteiger partial charge in [-0.25, -0.2) is 0 Å². The zero-order valence-electron chi connectivity index (χ0n) is 8.72. The molecule has 13 heavy (non-hydrogen) atoms. The number of hydrogen-bond donors (Lipinski definition) is 1. The van der Waals surface area contributed by atoms with Gasteiger partial charge >= 0.3 is 0 Å². The summed E-state index contributed by atoms with van der Waals surface area (Å²) in [5, 5.41) is 2.70. The van der Waals surface area contributed by atoms with Crippen molar-refractivity contribution in [3.8, 4) is 0 Å². The van der Waals surface area contributed by atoms with Gasteiger partial charge in [0.2, 0.25) is 5.91 Å². The summed E-state index contributed by atoms with van der Waals surface area (Å²) in [5.74, 6) is -0.104. The summed E-state index contributed by atoms with van der Waals surface area (Å²) in [6, 6.07) is 0. The number of rotatable bonds is 6. The second kappa shape index (κ2) is 6.66. The van der Waals surface area contributed by atoms with Crippen LogP contribution >= 0.6 is 0 Å². The summed E-state index contributed by atoms with van der Waals surface area (Å²) >= 11 is 0. The predicted molar refractivity (Wildman–Crippen MR) is 53.5 cm³/mol. The summed E-state index contributed by atoms with van der Waals surface area (Å²) in [7, 11) is 0. The lowest BCUT2D eigenvalue weighted by molar-refractivity contribution is -0.117. The maximum absolute atomic E-state index is 11.0. The van der Waals surface area contributed by atoms with Gasteiger partial charge in [0.05, 0.1) is 12.7 Å². The lowest BCUT2D eigenvalue weighted by atomic mass is 10.3. The van der Waals surface area contributed by atoms with Crippen molar-refractivity contribution in [2.24, 2.45) is 0 Å². The van der Waals surface area contributed by atoms with Crippen LogP contribution in [0.1, 0.15) is 27.2 Å². The summed E-state index contributed by atoms with van der Waals surface area (Å²) in [6.45, 7) is 10.4. The van der Waals surface area contributed by atoms with E-state index in [1.165, 1.54) is 0 Å². The third-order valence-corrected chi connectivity index (χ3v) is 1.75. The highest BCUT2D eigenvalue weighted by Gasteiger charge is 2.01. The fourth-order valence-corrected chi connectivity index (χ4v) is 0.693. The molecule has 0 bridgehead atoms. The van der Waals surface area contributed by atoms with Crippen LogP contribution < -0.4 is 5.32 Å². The second-order valence-corrected chi connectivity index (χ2v) is 3.13. The van der Waals surface area contributed by atoms with E-state index < -0.39 is 0 Å². The molecule has 76 valence electrons. The molecule has 0 fully saturated rings. The van der Waals surface area contributed by atoms with E-state index in [9.17, 15) is 4.79 Å². The third kappa shape index (κ3) is 6.34. The van der Waals surface area contributed by atoms with Crippen LogP contribution in [0.2, 0.25) is 0 Å². The Labute approximate surface area is 80.2 Å². The first-order valence-corrected chi connectivity index (χ1v) is 4.63. The van der Waals surface area contributed by atoms with E-state index in [4.69, 9.17) is 4.74 Å². The highest BCUT2D eigenvalue weighted by atomic mass is 16.5. The molecule has 0 aliphatic rings. The van der Waals surface area contributed by atoms with E-state index in [2.05, 4.69) is 18.8 Å². The first-order chi connectivity index (χ1) is 6.07. The lowest BCUT2D eigenvalue weighted by Crippen LogP contribution is -2.28. The maximum Gasteiger partial charge on any atom is 0.246 e. The summed E-state index contributed by atoms with van der Waals surface area (Å²) in [4.78, 5) is 11.0. The molecule has 0 aromatic rings. The Morgan fingerprint density at radius 1 is 1.62 bits per heavy atom. The largest absolute Gasteiger partial charge is 0.377 e. The normalized spacial score (nSPS) is 12.2. The fourth-order valence-electron chi connectivity index (χ4n) is 0.693. The summed E-state index contributed by atoms with van der Waals surface area (Å²) in [6.07, 6.45) is 1.26. The molecule has 0 aliphatic heterocycles. The van der Waals surface area contributed by atoms with Crippen LogP contribution in [0, 0.1) is 0 Å². The number of amides is 1. The minimum Gasteiger partial charge on any atom is -0.377 e. The van der Waals surface area contributed by atoms with Crippen molar-refractivity contribution in [3.63, 3.8) is 0 Å². The van der Waals surface area contributed by atoms with Crippen LogP contribution in [-0.4, -0.2) is 25.2 Å². The highest BCUT2D eigenvalue weighted by molar-refractivity contribution is 5.91. The van der Waals surface area contributed by atoms with Crippen LogP contribution in [0.3, 0.4) is 0 Å². The maximum atomic E-state index is 11.0. The summed E-state index contributed by atoms with van der Waals surface area (Å²) < 4.78 is 5.38. The molecule has 0 heterocycles. The Morgan fingerprint density at radius 2 is 2.23 bits per heavy atom. The van der Waals surface area contributed by atoms with E-state index in [0.717, 1.165) is 6.42 Å². The Kier molecular flexibility index (Phi) is 6.24. The van der Waals surface area contributed by atoms with E-state index >= 15 is 0 Å². The minimum atomic E-state index is -0.104. The molecule has 1 unspecified atom stereocenters. The van der Waals surface area contributed by atoms with Crippen molar-refractivity contribution in [3.05, 3.63) is 12.2 Å². The van der Waals surface area contributed by atoms with E-state index in [-0.39, 0.29) is 12.0 Å². The van der Waals surface area contributed by atoms with Crippen LogP contribution in [0.4, 0.5) is 0 Å². The number of nitrogens with one attached hydrogen (secondary N) is 1. The van der Waals surface area contributed by atoms with Gasteiger partial charge in [-0.15, -0.1) is 0 Å². The predicted octanol–water partition coefficient (Wildman–Crippen LogP) is 1.49. The molecule has 0 saturated carbocycles. The molecule has 0 aromatic carbocycles. The van der Waals surface area contributed by atoms with Crippen LogP contribution in [0.5, 0.6) is 0 Å².